The molecule has 0 aliphatic heterocycles. The van der Waals surface area contributed by atoms with Crippen LogP contribution in [0, 0.1) is 0 Å². The van der Waals surface area contributed by atoms with Crippen molar-refractivity contribution in [3.8, 4) is 0 Å². The molecule has 0 aromatic rings. The van der Waals surface area contributed by atoms with Crippen LogP contribution in [0.15, 0.2) is 0 Å². The van der Waals surface area contributed by atoms with E-state index in [0.717, 1.165) is 19.3 Å². The van der Waals surface area contributed by atoms with Gasteiger partial charge >= 0.3 is 45.9 Å². The molecule has 0 atom stereocenters. The van der Waals surface area contributed by atoms with Crippen LogP contribution in [0.1, 0.15) is 72.6 Å². The van der Waals surface area contributed by atoms with E-state index in [4.69, 9.17) is 5.11 Å². The maximum atomic E-state index is 11.1. The maximum absolute atomic E-state index is 11.1. The zero-order chi connectivity index (χ0) is 16.0. The van der Waals surface area contributed by atoms with Gasteiger partial charge in [-0.2, -0.15) is 8.42 Å². The van der Waals surface area contributed by atoms with Crippen LogP contribution in [0.4, 0.5) is 0 Å². The zero-order valence-electron chi connectivity index (χ0n) is 14.9. The molecule has 128 valence electrons. The Bertz CT molecular complexity index is 364. The van der Waals surface area contributed by atoms with E-state index in [1.807, 2.05) is 0 Å². The van der Waals surface area contributed by atoms with E-state index in [1.165, 1.54) is 38.5 Å². The summed E-state index contributed by atoms with van der Waals surface area (Å²) in [7, 11) is -4.17. The number of carboxylic acid groups (broad SMARTS) is 1. The van der Waals surface area contributed by atoms with E-state index >= 15 is 0 Å². The van der Waals surface area contributed by atoms with Crippen LogP contribution < -0.4 is 29.6 Å². The Morgan fingerprint density at radius 2 is 1.36 bits per heavy atom. The van der Waals surface area contributed by atoms with Crippen molar-refractivity contribution < 1.29 is 57.7 Å². The molecule has 0 aliphatic carbocycles. The third-order valence-electron chi connectivity index (χ3n) is 3.05. The third-order valence-corrected chi connectivity index (χ3v) is 3.91. The van der Waals surface area contributed by atoms with E-state index < -0.39 is 23.0 Å². The van der Waals surface area contributed by atoms with Gasteiger partial charge in [0.1, 0.15) is 0 Å². The van der Waals surface area contributed by atoms with Gasteiger partial charge in [0.25, 0.3) is 0 Å². The van der Waals surface area contributed by atoms with Crippen molar-refractivity contribution in [2.24, 2.45) is 0 Å². The molecule has 0 aliphatic rings. The van der Waals surface area contributed by atoms with Crippen LogP contribution in [0.25, 0.3) is 0 Å². The zero-order valence-corrected chi connectivity index (χ0v) is 16.7. The summed E-state index contributed by atoms with van der Waals surface area (Å²) in [4.78, 5) is 10.2. The Labute approximate surface area is 158 Å². The molecule has 6 nitrogen and oxygen atoms in total. The average Bonchev–Trinajstić information content (AvgIpc) is 2.43. The molecule has 22 heavy (non-hydrogen) atoms. The van der Waals surface area contributed by atoms with E-state index in [1.54, 1.807) is 0 Å². The maximum Gasteiger partial charge on any atom is 1.00 e. The van der Waals surface area contributed by atoms with Crippen molar-refractivity contribution >= 4 is 16.4 Å². The number of unbranched alkanes of at least 4 members (excludes halogenated alkanes) is 9. The molecule has 1 N–H and O–H groups in total. The van der Waals surface area contributed by atoms with Gasteiger partial charge in [0.05, 0.1) is 6.61 Å². The first kappa shape index (κ1) is 24.6. The predicted octanol–water partition coefficient (Wildman–Crippen LogP) is 0.386. The quantitative estimate of drug-likeness (QED) is 0.340. The van der Waals surface area contributed by atoms with E-state index in [0.29, 0.717) is 6.42 Å². The Balaban J connectivity index is -0.00000200. The average molecular weight is 348 g/mol. The van der Waals surface area contributed by atoms with Crippen molar-refractivity contribution in [1.29, 1.82) is 0 Å². The van der Waals surface area contributed by atoms with Crippen molar-refractivity contribution in [1.82, 2.24) is 0 Å². The normalized spacial score (nSPS) is 11.1. The van der Waals surface area contributed by atoms with Gasteiger partial charge in [-0.15, -0.1) is 0 Å². The second-order valence-corrected chi connectivity index (χ2v) is 6.36. The number of hydrogen-bond donors (Lipinski definition) is 1. The minimum Gasteiger partial charge on any atom is -1.00 e. The standard InChI is InChI=1S/C14H28O6S.Na.H/c1-2-3-4-5-6-7-8-9-10-11-12-19-21(17,18)20-13-14(15)16;;/h2-13H2,1H3,(H,15,16);;/q;+1;-1. The Kier molecular flexibility index (Phi) is 18.1. The Morgan fingerprint density at radius 1 is 0.909 bits per heavy atom. The fraction of sp³-hybridized carbons (Fsp3) is 0.929. The monoisotopic (exact) mass is 348 g/mol. The van der Waals surface area contributed by atoms with Gasteiger partial charge in [0.15, 0.2) is 6.61 Å². The minimum absolute atomic E-state index is 0. The molecule has 0 saturated carbocycles. The van der Waals surface area contributed by atoms with Gasteiger partial charge in [-0.25, -0.2) is 13.2 Å². The molecule has 0 fully saturated rings. The molecule has 0 amide bonds. The third kappa shape index (κ3) is 18.4. The number of aliphatic carboxylic acids is 1. The van der Waals surface area contributed by atoms with Crippen molar-refractivity contribution in [3.63, 3.8) is 0 Å². The number of carbonyl (C=O) groups is 1. The van der Waals surface area contributed by atoms with Crippen LogP contribution in [0.5, 0.6) is 0 Å². The summed E-state index contributed by atoms with van der Waals surface area (Å²) in [5, 5.41) is 8.29. The molecule has 0 saturated heterocycles. The molecule has 0 spiro atoms. The van der Waals surface area contributed by atoms with Crippen LogP contribution in [-0.2, 0) is 23.6 Å². The minimum atomic E-state index is -4.17. The first-order chi connectivity index (χ1) is 9.98. The summed E-state index contributed by atoms with van der Waals surface area (Å²) in [6.45, 7) is 1.34. The summed E-state index contributed by atoms with van der Waals surface area (Å²) >= 11 is 0. The van der Waals surface area contributed by atoms with Crippen LogP contribution in [0.3, 0.4) is 0 Å². The van der Waals surface area contributed by atoms with Crippen LogP contribution in [0.2, 0.25) is 0 Å². The first-order valence-electron chi connectivity index (χ1n) is 7.73. The number of carboxylic acids is 1. The predicted molar refractivity (Wildman–Crippen MR) is 81.4 cm³/mol. The molecule has 8 heteroatoms. The van der Waals surface area contributed by atoms with Crippen molar-refractivity contribution in [2.45, 2.75) is 71.1 Å². The van der Waals surface area contributed by atoms with E-state index in [-0.39, 0.29) is 37.6 Å². The molecule has 0 unspecified atom stereocenters. The smallest absolute Gasteiger partial charge is 1.00 e. The summed E-state index contributed by atoms with van der Waals surface area (Å²) in [6, 6.07) is 0. The van der Waals surface area contributed by atoms with Crippen molar-refractivity contribution in [2.75, 3.05) is 13.2 Å². The SMILES string of the molecule is CCCCCCCCCCCCOS(=O)(=O)OCC(=O)O.[H-].[Na+]. The fourth-order valence-electron chi connectivity index (χ4n) is 1.91. The number of rotatable bonds is 15. The molecule has 0 aromatic heterocycles. The van der Waals surface area contributed by atoms with E-state index in [2.05, 4.69) is 15.3 Å². The summed E-state index contributed by atoms with van der Waals surface area (Å²) < 4.78 is 30.8. The molecule has 0 aromatic carbocycles. The van der Waals surface area contributed by atoms with Crippen molar-refractivity contribution in [3.05, 3.63) is 0 Å². The van der Waals surface area contributed by atoms with Gasteiger partial charge < -0.3 is 6.53 Å². The van der Waals surface area contributed by atoms with Gasteiger partial charge in [0, 0.05) is 0 Å². The van der Waals surface area contributed by atoms with Crippen LogP contribution in [-0.4, -0.2) is 32.7 Å². The molecule has 0 heterocycles. The summed E-state index contributed by atoms with van der Waals surface area (Å²) in [6.07, 6.45) is 11.5. The molecule has 0 radical (unpaired) electrons. The number of hydrogen-bond acceptors (Lipinski definition) is 5. The largest absolute Gasteiger partial charge is 1.00 e. The molecule has 0 bridgehead atoms. The summed E-state index contributed by atoms with van der Waals surface area (Å²) in [5.74, 6) is -1.35. The first-order valence-corrected chi connectivity index (χ1v) is 9.07. The Hall–Kier alpha value is 0.340. The van der Waals surface area contributed by atoms with Gasteiger partial charge in [0.2, 0.25) is 0 Å². The van der Waals surface area contributed by atoms with Crippen LogP contribution >= 0.6 is 0 Å². The van der Waals surface area contributed by atoms with E-state index in [9.17, 15) is 13.2 Å². The van der Waals surface area contributed by atoms with Gasteiger partial charge in [-0.3, -0.25) is 0 Å². The molecular formula is C14H29NaO6S. The fourth-order valence-corrected chi connectivity index (χ4v) is 2.54. The molecule has 0 rings (SSSR count). The Morgan fingerprint density at radius 3 is 1.82 bits per heavy atom. The second-order valence-electron chi connectivity index (χ2n) is 5.07. The second kappa shape index (κ2) is 16.2. The van der Waals surface area contributed by atoms with Gasteiger partial charge in [-0.1, -0.05) is 64.7 Å². The summed E-state index contributed by atoms with van der Waals surface area (Å²) in [5.41, 5.74) is 0. The molecular weight excluding hydrogens is 319 g/mol. The van der Waals surface area contributed by atoms with Gasteiger partial charge in [-0.05, 0) is 6.42 Å². The topological polar surface area (TPSA) is 89.9 Å².